The van der Waals surface area contributed by atoms with Crippen molar-refractivity contribution < 1.29 is 94.6 Å². The first-order valence-corrected chi connectivity index (χ1v) is 23.8. The molecule has 1 saturated heterocycles. The molecule has 0 aromatic heterocycles. The van der Waals surface area contributed by atoms with Crippen molar-refractivity contribution in [1.29, 1.82) is 0 Å². The lowest BCUT2D eigenvalue weighted by atomic mass is 9.33. The predicted molar refractivity (Wildman–Crippen MR) is 237 cm³/mol. The van der Waals surface area contributed by atoms with Gasteiger partial charge in [-0.1, -0.05) is 46.3 Å². The van der Waals surface area contributed by atoms with Gasteiger partial charge in [0.05, 0.1) is 41.3 Å². The summed E-state index contributed by atoms with van der Waals surface area (Å²) in [5.74, 6) is -10.8. The molecule has 0 radical (unpaired) electrons. The van der Waals surface area contributed by atoms with Gasteiger partial charge in [-0.05, 0) is 109 Å². The standard InChI is InChI=1S/C50H64O19/c1-20-8-11-49(45(65)69-44-40(62)39(61)36(58)28(17-51)67-44)13-12-47(4)24(33(49)21(20)2)6-7-29-46(3)16-27(55)41-50(18-52,30(46)9-10-48(29,47)5)19-66-42(63)22-14-25(53)34(56)37(59)31(22)32-23(43(64)68-41)15-26(54)35(57)38(32)60/h6,14-15,20-21,27-30,33,36,39-41,44,51-62H,7-13,16-19H2,1-5H3/t20-,21+,27-,28?,29-,30-,33+,36?,39?,40?,41+,44?,46-,47-,48-,49+,50+/m1/s1. The third kappa shape index (κ3) is 6.66. The molecule has 19 nitrogen and oxygen atoms in total. The Morgan fingerprint density at radius 3 is 2.00 bits per heavy atom. The second kappa shape index (κ2) is 16.6. The van der Waals surface area contributed by atoms with Gasteiger partial charge in [0, 0.05) is 11.1 Å². The lowest BCUT2D eigenvalue weighted by Crippen LogP contribution is -2.70. The monoisotopic (exact) mass is 968 g/mol. The molecule has 2 aliphatic heterocycles. The number of fused-ring (bicyclic) bond motifs is 12. The first-order valence-electron chi connectivity index (χ1n) is 23.8. The first-order chi connectivity index (χ1) is 32.4. The quantitative estimate of drug-likeness (QED) is 0.0906. The number of aliphatic hydroxyl groups is 6. The molecule has 69 heavy (non-hydrogen) atoms. The van der Waals surface area contributed by atoms with Crippen molar-refractivity contribution in [1.82, 2.24) is 0 Å². The van der Waals surface area contributed by atoms with Gasteiger partial charge in [-0.3, -0.25) is 4.79 Å². The van der Waals surface area contributed by atoms with Crippen molar-refractivity contribution in [2.45, 2.75) is 129 Å². The summed E-state index contributed by atoms with van der Waals surface area (Å²) < 4.78 is 23.7. The van der Waals surface area contributed by atoms with E-state index in [4.69, 9.17) is 18.9 Å². The van der Waals surface area contributed by atoms with Gasteiger partial charge in [0.1, 0.15) is 37.1 Å². The smallest absolute Gasteiger partial charge is 0.339 e. The topological polar surface area (TPSA) is 331 Å². The second-order valence-corrected chi connectivity index (χ2v) is 22.0. The van der Waals surface area contributed by atoms with Crippen LogP contribution in [0.5, 0.6) is 34.5 Å². The van der Waals surface area contributed by atoms with Crippen molar-refractivity contribution in [2.75, 3.05) is 19.8 Å². The van der Waals surface area contributed by atoms with Crippen LogP contribution in [0.4, 0.5) is 0 Å². The molecule has 2 aromatic rings. The van der Waals surface area contributed by atoms with E-state index in [0.29, 0.717) is 44.6 Å². The van der Waals surface area contributed by atoms with E-state index in [1.54, 1.807) is 0 Å². The van der Waals surface area contributed by atoms with Gasteiger partial charge >= 0.3 is 17.9 Å². The fourth-order valence-electron chi connectivity index (χ4n) is 15.2. The van der Waals surface area contributed by atoms with Crippen LogP contribution in [0.3, 0.4) is 0 Å². The second-order valence-electron chi connectivity index (χ2n) is 22.0. The number of aromatic hydroxyl groups is 6. The zero-order chi connectivity index (χ0) is 50.2. The highest BCUT2D eigenvalue weighted by Gasteiger charge is 2.73. The number of aliphatic hydroxyl groups excluding tert-OH is 6. The van der Waals surface area contributed by atoms with E-state index in [0.717, 1.165) is 18.1 Å². The average Bonchev–Trinajstić information content (AvgIpc) is 3.32. The summed E-state index contributed by atoms with van der Waals surface area (Å²) in [5, 5.41) is 131. The van der Waals surface area contributed by atoms with E-state index in [9.17, 15) is 75.7 Å². The van der Waals surface area contributed by atoms with Crippen LogP contribution >= 0.6 is 0 Å². The SMILES string of the molecule is C[C@H]1[C@H](C)CC[C@]2(C(=O)OC3OC(CO)C(O)C(O)C3O)CC[C@]3(C)C(=CC[C@@H]4[C@@]5(C)C[C@@H](O)[C@@H]6OC(=O)c7cc(O)c(O)c(O)c7-c7c(cc(O)c(O)c7O)C(=O)OC[C@@]6(CO)[C@@H]5CC[C@]43C)[C@H]12. The van der Waals surface area contributed by atoms with Crippen molar-refractivity contribution >= 4 is 17.9 Å². The maximum Gasteiger partial charge on any atom is 0.339 e. The Morgan fingerprint density at radius 1 is 0.768 bits per heavy atom. The molecule has 7 aliphatic rings. The van der Waals surface area contributed by atoms with Crippen molar-refractivity contribution in [3.05, 3.63) is 34.9 Å². The minimum absolute atomic E-state index is 0.0128. The minimum atomic E-state index is -1.77. The molecule has 5 fully saturated rings. The van der Waals surface area contributed by atoms with Crippen LogP contribution in [0.2, 0.25) is 0 Å². The van der Waals surface area contributed by atoms with Crippen molar-refractivity contribution in [3.8, 4) is 45.6 Å². The molecular formula is C50H64O19. The van der Waals surface area contributed by atoms with Crippen LogP contribution in [0.1, 0.15) is 107 Å². The van der Waals surface area contributed by atoms with Gasteiger partial charge in [-0.2, -0.15) is 0 Å². The normalized spacial score (nSPS) is 42.7. The Hall–Kier alpha value is -4.89. The number of carbonyl (C=O) groups excluding carboxylic acids is 3. The molecule has 2 aromatic carbocycles. The summed E-state index contributed by atoms with van der Waals surface area (Å²) >= 11 is 0. The lowest BCUT2D eigenvalue weighted by molar-refractivity contribution is -0.298. The van der Waals surface area contributed by atoms with Crippen molar-refractivity contribution in [3.63, 3.8) is 0 Å². The summed E-state index contributed by atoms with van der Waals surface area (Å²) in [7, 11) is 0. The van der Waals surface area contributed by atoms with E-state index in [1.807, 2.05) is 6.92 Å². The zero-order valence-electron chi connectivity index (χ0n) is 39.2. The fraction of sp³-hybridized carbons (Fsp3) is 0.660. The van der Waals surface area contributed by atoms with Crippen LogP contribution in [-0.4, -0.2) is 142 Å². The van der Waals surface area contributed by atoms with E-state index in [1.165, 1.54) is 0 Å². The molecule has 4 saturated carbocycles. The van der Waals surface area contributed by atoms with Crippen molar-refractivity contribution in [2.24, 2.45) is 56.7 Å². The van der Waals surface area contributed by atoms with E-state index >= 15 is 0 Å². The Balaban J connectivity index is 1.11. The van der Waals surface area contributed by atoms with Crippen LogP contribution in [0, 0.1) is 56.7 Å². The Morgan fingerprint density at radius 2 is 1.39 bits per heavy atom. The van der Waals surface area contributed by atoms with Crippen LogP contribution in [-0.2, 0) is 23.7 Å². The number of allylic oxidation sites excluding steroid dienone is 2. The molecule has 19 heteroatoms. The first kappa shape index (κ1) is 49.1. The van der Waals surface area contributed by atoms with Gasteiger partial charge in [-0.15, -0.1) is 0 Å². The summed E-state index contributed by atoms with van der Waals surface area (Å²) in [5.41, 5.74) is -6.50. The maximum atomic E-state index is 14.8. The van der Waals surface area contributed by atoms with Crippen LogP contribution < -0.4 is 0 Å². The highest BCUT2D eigenvalue weighted by atomic mass is 16.7. The number of ether oxygens (including phenoxy) is 4. The highest BCUT2D eigenvalue weighted by molar-refractivity contribution is 6.08. The predicted octanol–water partition coefficient (Wildman–Crippen LogP) is 3.21. The van der Waals surface area contributed by atoms with Gasteiger partial charge in [0.25, 0.3) is 0 Å². The highest BCUT2D eigenvalue weighted by Crippen LogP contribution is 2.76. The van der Waals surface area contributed by atoms with E-state index < -0.39 is 170 Å². The molecule has 5 aliphatic carbocycles. The number of carbonyl (C=O) groups is 3. The molecule has 0 amide bonds. The lowest BCUT2D eigenvalue weighted by Gasteiger charge is -2.72. The average molecular weight is 969 g/mol. The number of phenolic OH excluding ortho intramolecular Hbond substituents is 6. The largest absolute Gasteiger partial charge is 0.504 e. The molecule has 378 valence electrons. The van der Waals surface area contributed by atoms with E-state index in [-0.39, 0.29) is 30.1 Å². The Bertz CT molecular complexity index is 2490. The maximum absolute atomic E-state index is 14.8. The number of phenols is 6. The summed E-state index contributed by atoms with van der Waals surface area (Å²) in [6, 6.07) is 1.44. The molecular weight excluding hydrogens is 905 g/mol. The summed E-state index contributed by atoms with van der Waals surface area (Å²) in [6.45, 7) is 8.63. The number of rotatable bonds is 4. The third-order valence-electron chi connectivity index (χ3n) is 19.2. The molecule has 17 atom stereocenters. The molecule has 5 unspecified atom stereocenters. The van der Waals surface area contributed by atoms with Crippen LogP contribution in [0.15, 0.2) is 23.8 Å². The van der Waals surface area contributed by atoms with Gasteiger partial charge < -0.3 is 80.2 Å². The molecule has 2 heterocycles. The summed E-state index contributed by atoms with van der Waals surface area (Å²) in [4.78, 5) is 43.5. The number of hydrogen-bond acceptors (Lipinski definition) is 19. The number of cyclic esters (lactones) is 1. The fourth-order valence-corrected chi connectivity index (χ4v) is 15.2. The summed E-state index contributed by atoms with van der Waals surface area (Å²) in [6.07, 6.45) is -5.40. The van der Waals surface area contributed by atoms with Gasteiger partial charge in [-0.25, -0.2) is 9.59 Å². The van der Waals surface area contributed by atoms with Crippen LogP contribution in [0.25, 0.3) is 11.1 Å². The van der Waals surface area contributed by atoms with Gasteiger partial charge in [0.2, 0.25) is 17.8 Å². The molecule has 0 spiro atoms. The molecule has 9 rings (SSSR count). The van der Waals surface area contributed by atoms with E-state index in [2.05, 4.69) is 33.8 Å². The third-order valence-corrected chi connectivity index (χ3v) is 19.2. The number of benzene rings is 2. The number of esters is 3. The molecule has 12 N–H and O–H groups in total. The minimum Gasteiger partial charge on any atom is -0.504 e. The zero-order valence-corrected chi connectivity index (χ0v) is 39.2. The number of hydrogen-bond donors (Lipinski definition) is 12. The Kier molecular flexibility index (Phi) is 11.8. The molecule has 0 bridgehead atoms. The Labute approximate surface area is 397 Å². The van der Waals surface area contributed by atoms with Gasteiger partial charge in [0.15, 0.2) is 23.0 Å².